The molecule has 0 aliphatic heterocycles. The molecule has 0 bridgehead atoms. The number of rotatable bonds is 3. The van der Waals surface area contributed by atoms with Gasteiger partial charge in [-0.3, -0.25) is 4.79 Å². The average Bonchev–Trinajstić information content (AvgIpc) is 2.93. The topological polar surface area (TPSA) is 63.6 Å². The van der Waals surface area contributed by atoms with Gasteiger partial charge < -0.3 is 4.98 Å². The van der Waals surface area contributed by atoms with Gasteiger partial charge in [0.05, 0.1) is 22.0 Å². The summed E-state index contributed by atoms with van der Waals surface area (Å²) in [5.74, 6) is 0.421. The molecule has 0 aliphatic carbocycles. The van der Waals surface area contributed by atoms with E-state index >= 15 is 0 Å². The van der Waals surface area contributed by atoms with Crippen LogP contribution >= 0.6 is 11.6 Å². The van der Waals surface area contributed by atoms with Crippen LogP contribution < -0.4 is 5.56 Å². The van der Waals surface area contributed by atoms with Crippen molar-refractivity contribution in [3.05, 3.63) is 50.7 Å². The molecule has 0 unspecified atom stereocenters. The number of aromatic nitrogens is 4. The Hall–Kier alpha value is -2.35. The summed E-state index contributed by atoms with van der Waals surface area (Å²) in [4.78, 5) is 19.3. The van der Waals surface area contributed by atoms with Crippen molar-refractivity contribution in [1.29, 1.82) is 0 Å². The number of nitrogens with one attached hydrogen (secondary N) is 1. The first-order chi connectivity index (χ1) is 11.8. The highest BCUT2D eigenvalue weighted by Crippen LogP contribution is 2.33. The van der Waals surface area contributed by atoms with Crippen molar-refractivity contribution in [3.8, 4) is 5.69 Å². The van der Waals surface area contributed by atoms with Gasteiger partial charge in [-0.15, -0.1) is 0 Å². The number of halogens is 4. The van der Waals surface area contributed by atoms with E-state index in [-0.39, 0.29) is 27.3 Å². The number of hydrogen-bond donors (Lipinski definition) is 1. The lowest BCUT2D eigenvalue weighted by molar-refractivity contribution is -0.137. The number of nitrogens with zero attached hydrogens (tertiary/aromatic N) is 3. The summed E-state index contributed by atoms with van der Waals surface area (Å²) in [6.45, 7) is 3.61. The van der Waals surface area contributed by atoms with Crippen molar-refractivity contribution in [2.24, 2.45) is 0 Å². The van der Waals surface area contributed by atoms with Gasteiger partial charge in [-0.25, -0.2) is 9.67 Å². The highest BCUT2D eigenvalue weighted by atomic mass is 35.5. The molecule has 1 N–H and O–H groups in total. The van der Waals surface area contributed by atoms with E-state index in [4.69, 9.17) is 11.6 Å². The zero-order valence-electron chi connectivity index (χ0n) is 13.4. The standard InChI is InChI=1S/C16H14ClF3N4O/c1-3-10-13-14(21-12(4-2)22-15(13)25)24(23-10)11-7-8(16(18,19)20)5-6-9(11)17/h5-7H,3-4H2,1-2H3,(H,21,22,25). The minimum absolute atomic E-state index is 0.0290. The van der Waals surface area contributed by atoms with Crippen molar-refractivity contribution >= 4 is 22.6 Å². The first-order valence-electron chi connectivity index (χ1n) is 7.64. The second-order valence-electron chi connectivity index (χ2n) is 5.44. The van der Waals surface area contributed by atoms with Crippen molar-refractivity contribution in [3.63, 3.8) is 0 Å². The maximum absolute atomic E-state index is 13.0. The largest absolute Gasteiger partial charge is 0.416 e. The van der Waals surface area contributed by atoms with Crippen molar-refractivity contribution in [2.45, 2.75) is 32.9 Å². The van der Waals surface area contributed by atoms with Crippen LogP contribution in [0.25, 0.3) is 16.7 Å². The van der Waals surface area contributed by atoms with E-state index < -0.39 is 11.7 Å². The number of benzene rings is 1. The van der Waals surface area contributed by atoms with Crippen LogP contribution in [0.2, 0.25) is 5.02 Å². The monoisotopic (exact) mass is 370 g/mol. The third-order valence-corrected chi connectivity index (χ3v) is 4.15. The van der Waals surface area contributed by atoms with E-state index in [1.807, 2.05) is 6.92 Å². The summed E-state index contributed by atoms with van der Waals surface area (Å²) < 4.78 is 40.3. The summed E-state index contributed by atoms with van der Waals surface area (Å²) >= 11 is 6.11. The number of alkyl halides is 3. The van der Waals surface area contributed by atoms with Gasteiger partial charge in [-0.1, -0.05) is 25.4 Å². The summed E-state index contributed by atoms with van der Waals surface area (Å²) in [5.41, 5.74) is -0.554. The van der Waals surface area contributed by atoms with Crippen LogP contribution in [-0.4, -0.2) is 19.7 Å². The summed E-state index contributed by atoms with van der Waals surface area (Å²) in [6, 6.07) is 2.96. The van der Waals surface area contributed by atoms with E-state index in [0.717, 1.165) is 18.2 Å². The van der Waals surface area contributed by atoms with Gasteiger partial charge in [-0.05, 0) is 24.6 Å². The number of H-pyrrole nitrogens is 1. The molecule has 0 fully saturated rings. The minimum Gasteiger partial charge on any atom is -0.310 e. The third-order valence-electron chi connectivity index (χ3n) is 3.83. The van der Waals surface area contributed by atoms with Crippen LogP contribution in [-0.2, 0) is 19.0 Å². The Morgan fingerprint density at radius 3 is 2.56 bits per heavy atom. The molecule has 0 saturated heterocycles. The lowest BCUT2D eigenvalue weighted by Crippen LogP contribution is -2.13. The molecular weight excluding hydrogens is 357 g/mol. The Labute approximate surface area is 145 Å². The van der Waals surface area contributed by atoms with Crippen molar-refractivity contribution in [1.82, 2.24) is 19.7 Å². The van der Waals surface area contributed by atoms with Crippen LogP contribution in [0.5, 0.6) is 0 Å². The Kier molecular flexibility index (Phi) is 4.32. The van der Waals surface area contributed by atoms with Crippen molar-refractivity contribution < 1.29 is 13.2 Å². The fraction of sp³-hybridized carbons (Fsp3) is 0.312. The smallest absolute Gasteiger partial charge is 0.310 e. The van der Waals surface area contributed by atoms with E-state index in [0.29, 0.717) is 24.4 Å². The normalized spacial score (nSPS) is 12.1. The fourth-order valence-electron chi connectivity index (χ4n) is 2.57. The second kappa shape index (κ2) is 6.18. The molecule has 25 heavy (non-hydrogen) atoms. The Bertz CT molecular complexity index is 1010. The highest BCUT2D eigenvalue weighted by Gasteiger charge is 2.31. The lowest BCUT2D eigenvalue weighted by atomic mass is 10.2. The van der Waals surface area contributed by atoms with Gasteiger partial charge in [0, 0.05) is 6.42 Å². The Morgan fingerprint density at radius 1 is 1.24 bits per heavy atom. The quantitative estimate of drug-likeness (QED) is 0.760. The molecular formula is C16H14ClF3N4O. The molecule has 0 aliphatic rings. The van der Waals surface area contributed by atoms with E-state index in [1.165, 1.54) is 4.68 Å². The van der Waals surface area contributed by atoms with Gasteiger partial charge in [0.1, 0.15) is 11.2 Å². The summed E-state index contributed by atoms with van der Waals surface area (Å²) in [6.07, 6.45) is -3.63. The number of fused-ring (bicyclic) bond motifs is 1. The molecule has 9 heteroatoms. The lowest BCUT2D eigenvalue weighted by Gasteiger charge is -2.11. The third kappa shape index (κ3) is 3.02. The van der Waals surface area contributed by atoms with Gasteiger partial charge in [0.2, 0.25) is 0 Å². The zero-order valence-corrected chi connectivity index (χ0v) is 14.2. The molecule has 0 radical (unpaired) electrons. The van der Waals surface area contributed by atoms with Gasteiger partial charge in [0.15, 0.2) is 5.65 Å². The van der Waals surface area contributed by atoms with Crippen LogP contribution in [0.3, 0.4) is 0 Å². The van der Waals surface area contributed by atoms with Gasteiger partial charge in [-0.2, -0.15) is 18.3 Å². The molecule has 132 valence electrons. The Morgan fingerprint density at radius 2 is 1.96 bits per heavy atom. The molecule has 0 atom stereocenters. The molecule has 1 aromatic carbocycles. The number of aromatic amines is 1. The first kappa shape index (κ1) is 17.5. The Balaban J connectivity index is 2.36. The highest BCUT2D eigenvalue weighted by molar-refractivity contribution is 6.32. The second-order valence-corrected chi connectivity index (χ2v) is 5.85. The molecule has 0 amide bonds. The summed E-state index contributed by atoms with van der Waals surface area (Å²) in [5, 5.41) is 4.62. The zero-order chi connectivity index (χ0) is 18.4. The number of aryl methyl sites for hydroxylation is 2. The summed E-state index contributed by atoms with van der Waals surface area (Å²) in [7, 11) is 0. The fourth-order valence-corrected chi connectivity index (χ4v) is 2.77. The molecule has 2 heterocycles. The minimum atomic E-state index is -4.52. The van der Waals surface area contributed by atoms with Gasteiger partial charge >= 0.3 is 6.18 Å². The van der Waals surface area contributed by atoms with Gasteiger partial charge in [0.25, 0.3) is 5.56 Å². The molecule has 2 aromatic heterocycles. The maximum atomic E-state index is 13.0. The molecule has 0 spiro atoms. The molecule has 5 nitrogen and oxygen atoms in total. The molecule has 3 aromatic rings. The van der Waals surface area contributed by atoms with Crippen LogP contribution in [0.15, 0.2) is 23.0 Å². The van der Waals surface area contributed by atoms with E-state index in [1.54, 1.807) is 6.92 Å². The van der Waals surface area contributed by atoms with E-state index in [9.17, 15) is 18.0 Å². The first-order valence-corrected chi connectivity index (χ1v) is 8.02. The molecule has 0 saturated carbocycles. The van der Waals surface area contributed by atoms with Crippen LogP contribution in [0, 0.1) is 0 Å². The predicted molar refractivity (Wildman–Crippen MR) is 88.3 cm³/mol. The SMILES string of the molecule is CCc1nc2c(c(CC)nn2-c2cc(C(F)(F)F)ccc2Cl)c(=O)[nH]1. The van der Waals surface area contributed by atoms with Crippen LogP contribution in [0.4, 0.5) is 13.2 Å². The van der Waals surface area contributed by atoms with Crippen LogP contribution in [0.1, 0.15) is 30.9 Å². The van der Waals surface area contributed by atoms with Crippen molar-refractivity contribution in [2.75, 3.05) is 0 Å². The average molecular weight is 371 g/mol. The maximum Gasteiger partial charge on any atom is 0.416 e. The van der Waals surface area contributed by atoms with E-state index in [2.05, 4.69) is 15.1 Å². The predicted octanol–water partition coefficient (Wildman–Crippen LogP) is 3.91. The molecule has 3 rings (SSSR count). The number of hydrogen-bond acceptors (Lipinski definition) is 3.